The van der Waals surface area contributed by atoms with Crippen molar-refractivity contribution in [3.05, 3.63) is 80.0 Å². The number of thiophene rings is 1. The second-order valence-electron chi connectivity index (χ2n) is 6.00. The number of hydrogen-bond donors (Lipinski definition) is 1. The van der Waals surface area contributed by atoms with Crippen molar-refractivity contribution in [1.82, 2.24) is 5.43 Å². The van der Waals surface area contributed by atoms with E-state index in [9.17, 15) is 4.79 Å². The van der Waals surface area contributed by atoms with Crippen LogP contribution in [0.3, 0.4) is 0 Å². The fourth-order valence-electron chi connectivity index (χ4n) is 2.46. The third-order valence-corrected chi connectivity index (χ3v) is 5.50. The molecule has 0 aliphatic rings. The van der Waals surface area contributed by atoms with E-state index in [4.69, 9.17) is 32.7 Å². The van der Waals surface area contributed by atoms with Gasteiger partial charge in [-0.15, -0.1) is 11.3 Å². The molecule has 0 bridgehead atoms. The zero-order valence-corrected chi connectivity index (χ0v) is 17.9. The Hall–Kier alpha value is -2.54. The number of ether oxygens (including phenoxy) is 2. The van der Waals surface area contributed by atoms with Crippen LogP contribution in [0.15, 0.2) is 59.0 Å². The molecule has 0 aliphatic heterocycles. The molecule has 5 nitrogen and oxygen atoms in total. The van der Waals surface area contributed by atoms with Crippen LogP contribution in [0.1, 0.15) is 16.0 Å². The molecule has 1 heterocycles. The molecule has 0 fully saturated rings. The summed E-state index contributed by atoms with van der Waals surface area (Å²) in [4.78, 5) is 12.9. The number of amides is 1. The number of nitrogens with zero attached hydrogens (tertiary/aromatic N) is 1. The van der Waals surface area contributed by atoms with Crippen molar-refractivity contribution in [3.63, 3.8) is 0 Å². The highest BCUT2D eigenvalue weighted by atomic mass is 35.5. The van der Waals surface area contributed by atoms with Gasteiger partial charge < -0.3 is 9.47 Å². The predicted molar refractivity (Wildman–Crippen MR) is 118 cm³/mol. The van der Waals surface area contributed by atoms with E-state index in [1.54, 1.807) is 37.6 Å². The van der Waals surface area contributed by atoms with Gasteiger partial charge in [0.2, 0.25) is 5.91 Å². The highest BCUT2D eigenvalue weighted by Gasteiger charge is 2.07. The number of benzene rings is 2. The molecule has 2 aromatic carbocycles. The van der Waals surface area contributed by atoms with Gasteiger partial charge in [-0.2, -0.15) is 5.10 Å². The lowest BCUT2D eigenvalue weighted by Crippen LogP contribution is -2.19. The van der Waals surface area contributed by atoms with Crippen molar-refractivity contribution in [3.8, 4) is 11.5 Å². The number of nitrogens with one attached hydrogen (secondary N) is 1. The normalized spacial score (nSPS) is 10.9. The Bertz CT molecular complexity index is 1010. The van der Waals surface area contributed by atoms with Gasteiger partial charge in [-0.3, -0.25) is 4.79 Å². The summed E-state index contributed by atoms with van der Waals surface area (Å²) < 4.78 is 11.2. The summed E-state index contributed by atoms with van der Waals surface area (Å²) in [5.74, 6) is 0.966. The lowest BCUT2D eigenvalue weighted by atomic mass is 10.2. The largest absolute Gasteiger partial charge is 0.493 e. The second-order valence-corrected chi connectivity index (χ2v) is 7.84. The molecule has 0 aliphatic carbocycles. The molecule has 0 saturated carbocycles. The fourth-order valence-corrected chi connectivity index (χ4v) is 3.49. The van der Waals surface area contributed by atoms with Crippen LogP contribution in [0.4, 0.5) is 0 Å². The average molecular weight is 449 g/mol. The lowest BCUT2D eigenvalue weighted by Gasteiger charge is -2.11. The van der Waals surface area contributed by atoms with Crippen molar-refractivity contribution < 1.29 is 14.3 Å². The van der Waals surface area contributed by atoms with Crippen LogP contribution in [-0.4, -0.2) is 19.2 Å². The van der Waals surface area contributed by atoms with E-state index >= 15 is 0 Å². The monoisotopic (exact) mass is 448 g/mol. The third kappa shape index (κ3) is 6.22. The topological polar surface area (TPSA) is 59.9 Å². The molecule has 1 N–H and O–H groups in total. The number of rotatable bonds is 8. The summed E-state index contributed by atoms with van der Waals surface area (Å²) in [6.45, 7) is 0.319. The van der Waals surface area contributed by atoms with Gasteiger partial charge in [0.15, 0.2) is 11.5 Å². The fraction of sp³-hybridized carbons (Fsp3) is 0.143. The molecule has 1 amide bonds. The Morgan fingerprint density at radius 1 is 1.14 bits per heavy atom. The van der Waals surface area contributed by atoms with Crippen molar-refractivity contribution in [2.45, 2.75) is 13.0 Å². The number of halogens is 2. The summed E-state index contributed by atoms with van der Waals surface area (Å²) in [7, 11) is 1.56. The average Bonchev–Trinajstić information content (AvgIpc) is 3.22. The first kappa shape index (κ1) is 21.2. The molecule has 3 aromatic rings. The minimum absolute atomic E-state index is 0.169. The standard InChI is InChI=1S/C21H18Cl2N2O3S/c1-27-20-10-14(12-24-25-21(26)11-16-3-2-8-29-16)5-7-19(20)28-13-15-4-6-17(22)18(23)9-15/h2-10,12H,11,13H2,1H3,(H,25,26)/b24-12-. The van der Waals surface area contributed by atoms with Crippen LogP contribution in [0.2, 0.25) is 10.0 Å². The Morgan fingerprint density at radius 2 is 2.00 bits per heavy atom. The molecule has 29 heavy (non-hydrogen) atoms. The molecular weight excluding hydrogens is 431 g/mol. The van der Waals surface area contributed by atoms with Gasteiger partial charge in [0.25, 0.3) is 0 Å². The second kappa shape index (κ2) is 10.3. The van der Waals surface area contributed by atoms with Gasteiger partial charge in [0.05, 0.1) is 29.8 Å². The molecule has 150 valence electrons. The predicted octanol–water partition coefficient (Wildman–Crippen LogP) is 5.34. The molecule has 3 rings (SSSR count). The Balaban J connectivity index is 1.58. The van der Waals surface area contributed by atoms with Crippen LogP contribution in [0.5, 0.6) is 11.5 Å². The number of carbonyl (C=O) groups is 1. The maximum absolute atomic E-state index is 11.9. The molecule has 0 radical (unpaired) electrons. The van der Waals surface area contributed by atoms with Gasteiger partial charge in [-0.25, -0.2) is 5.43 Å². The van der Waals surface area contributed by atoms with E-state index in [1.807, 2.05) is 29.6 Å². The quantitative estimate of drug-likeness (QED) is 0.373. The van der Waals surface area contributed by atoms with Gasteiger partial charge in [-0.1, -0.05) is 35.3 Å². The van der Waals surface area contributed by atoms with Crippen molar-refractivity contribution in [1.29, 1.82) is 0 Å². The Labute approximate surface area is 182 Å². The zero-order chi connectivity index (χ0) is 20.6. The van der Waals surface area contributed by atoms with Crippen LogP contribution in [0.25, 0.3) is 0 Å². The summed E-state index contributed by atoms with van der Waals surface area (Å²) in [6, 6.07) is 14.5. The summed E-state index contributed by atoms with van der Waals surface area (Å²) in [5, 5.41) is 6.91. The first-order valence-corrected chi connectivity index (χ1v) is 10.3. The molecule has 0 atom stereocenters. The SMILES string of the molecule is COc1cc(/C=N\NC(=O)Cc2cccs2)ccc1OCc1ccc(Cl)c(Cl)c1. The van der Waals surface area contributed by atoms with Crippen molar-refractivity contribution in [2.24, 2.45) is 5.10 Å². The van der Waals surface area contributed by atoms with Gasteiger partial charge in [0, 0.05) is 4.88 Å². The number of hydrogen-bond acceptors (Lipinski definition) is 5. The lowest BCUT2D eigenvalue weighted by molar-refractivity contribution is -0.120. The number of hydrazone groups is 1. The van der Waals surface area contributed by atoms with Crippen molar-refractivity contribution >= 4 is 46.7 Å². The number of methoxy groups -OCH3 is 1. The smallest absolute Gasteiger partial charge is 0.245 e. The van der Waals surface area contributed by atoms with Crippen LogP contribution < -0.4 is 14.9 Å². The summed E-state index contributed by atoms with van der Waals surface area (Å²) in [6.07, 6.45) is 1.86. The van der Waals surface area contributed by atoms with Gasteiger partial charge in [-0.05, 0) is 52.9 Å². The van der Waals surface area contributed by atoms with E-state index < -0.39 is 0 Å². The van der Waals surface area contributed by atoms with E-state index in [1.165, 1.54) is 11.3 Å². The minimum atomic E-state index is -0.169. The molecule has 1 aromatic heterocycles. The van der Waals surface area contributed by atoms with Gasteiger partial charge >= 0.3 is 0 Å². The first-order chi connectivity index (χ1) is 14.0. The van der Waals surface area contributed by atoms with E-state index in [0.29, 0.717) is 34.6 Å². The van der Waals surface area contributed by atoms with Crippen LogP contribution >= 0.6 is 34.5 Å². The molecule has 0 spiro atoms. The molecular formula is C21H18Cl2N2O3S. The number of carbonyl (C=O) groups excluding carboxylic acids is 1. The highest BCUT2D eigenvalue weighted by Crippen LogP contribution is 2.29. The molecule has 0 unspecified atom stereocenters. The highest BCUT2D eigenvalue weighted by molar-refractivity contribution is 7.10. The maximum Gasteiger partial charge on any atom is 0.245 e. The summed E-state index contributed by atoms with van der Waals surface area (Å²) in [5.41, 5.74) is 4.17. The van der Waals surface area contributed by atoms with E-state index in [-0.39, 0.29) is 5.91 Å². The molecule has 0 saturated heterocycles. The third-order valence-electron chi connectivity index (χ3n) is 3.88. The molecule has 8 heteroatoms. The van der Waals surface area contributed by atoms with Crippen LogP contribution in [0, 0.1) is 0 Å². The van der Waals surface area contributed by atoms with Crippen molar-refractivity contribution in [2.75, 3.05) is 7.11 Å². The Morgan fingerprint density at radius 3 is 2.72 bits per heavy atom. The Kier molecular flexibility index (Phi) is 7.52. The first-order valence-electron chi connectivity index (χ1n) is 8.64. The maximum atomic E-state index is 11.9. The van der Waals surface area contributed by atoms with Crippen LogP contribution in [-0.2, 0) is 17.8 Å². The summed E-state index contributed by atoms with van der Waals surface area (Å²) >= 11 is 13.5. The zero-order valence-electron chi connectivity index (χ0n) is 15.5. The van der Waals surface area contributed by atoms with E-state index in [0.717, 1.165) is 16.0 Å². The minimum Gasteiger partial charge on any atom is -0.493 e. The van der Waals surface area contributed by atoms with Gasteiger partial charge in [0.1, 0.15) is 6.61 Å². The van der Waals surface area contributed by atoms with E-state index in [2.05, 4.69) is 10.5 Å².